The van der Waals surface area contributed by atoms with E-state index in [0.29, 0.717) is 11.3 Å². The maximum Gasteiger partial charge on any atom is 0.331 e. The zero-order valence-electron chi connectivity index (χ0n) is 12.4. The number of ether oxygens (including phenoxy) is 1. The molecule has 0 spiro atoms. The average Bonchev–Trinajstić information content (AvgIpc) is 3.06. The zero-order chi connectivity index (χ0) is 16.7. The number of nitrogens with zero attached hydrogens (tertiary/aromatic N) is 1. The number of anilines is 1. The van der Waals surface area contributed by atoms with E-state index in [1.165, 1.54) is 24.3 Å². The summed E-state index contributed by atoms with van der Waals surface area (Å²) in [7, 11) is 0. The van der Waals surface area contributed by atoms with Crippen LogP contribution in [0.25, 0.3) is 6.08 Å². The molecule has 1 aromatic heterocycles. The van der Waals surface area contributed by atoms with E-state index in [2.05, 4.69) is 5.32 Å². The predicted molar refractivity (Wildman–Crippen MR) is 88.7 cm³/mol. The molecule has 116 valence electrons. The summed E-state index contributed by atoms with van der Waals surface area (Å²) in [4.78, 5) is 24.6. The Morgan fingerprint density at radius 1 is 1.35 bits per heavy atom. The van der Waals surface area contributed by atoms with Gasteiger partial charge in [-0.2, -0.15) is 5.26 Å². The summed E-state index contributed by atoms with van der Waals surface area (Å²) in [6.45, 7) is 1.49. The average molecular weight is 326 g/mol. The van der Waals surface area contributed by atoms with Gasteiger partial charge in [-0.05, 0) is 42.6 Å². The quantitative estimate of drug-likeness (QED) is 0.676. The van der Waals surface area contributed by atoms with Gasteiger partial charge < -0.3 is 10.1 Å². The van der Waals surface area contributed by atoms with Crippen LogP contribution in [-0.2, 0) is 14.3 Å². The van der Waals surface area contributed by atoms with E-state index in [4.69, 9.17) is 10.00 Å². The Morgan fingerprint density at radius 3 is 2.87 bits per heavy atom. The second kappa shape index (κ2) is 7.92. The van der Waals surface area contributed by atoms with Crippen LogP contribution < -0.4 is 5.32 Å². The monoisotopic (exact) mass is 326 g/mol. The Balaban J connectivity index is 1.89. The minimum atomic E-state index is -0.943. The molecule has 1 N–H and O–H groups in total. The summed E-state index contributed by atoms with van der Waals surface area (Å²) in [5.41, 5.74) is 0.914. The summed E-state index contributed by atoms with van der Waals surface area (Å²) in [5, 5.41) is 13.3. The van der Waals surface area contributed by atoms with Crippen LogP contribution >= 0.6 is 11.3 Å². The fourth-order valence-corrected chi connectivity index (χ4v) is 2.33. The van der Waals surface area contributed by atoms with Crippen molar-refractivity contribution in [2.24, 2.45) is 0 Å². The Labute approximate surface area is 137 Å². The van der Waals surface area contributed by atoms with Gasteiger partial charge >= 0.3 is 5.97 Å². The Bertz CT molecular complexity index is 760. The lowest BCUT2D eigenvalue weighted by Gasteiger charge is -2.12. The third kappa shape index (κ3) is 5.09. The highest BCUT2D eigenvalue weighted by molar-refractivity contribution is 7.10. The van der Waals surface area contributed by atoms with Gasteiger partial charge in [0.25, 0.3) is 5.91 Å². The number of thiophene rings is 1. The van der Waals surface area contributed by atoms with Crippen molar-refractivity contribution < 1.29 is 14.3 Å². The number of hydrogen-bond acceptors (Lipinski definition) is 5. The van der Waals surface area contributed by atoms with E-state index in [-0.39, 0.29) is 0 Å². The van der Waals surface area contributed by atoms with Crippen LogP contribution in [0, 0.1) is 11.3 Å². The van der Waals surface area contributed by atoms with Gasteiger partial charge in [-0.25, -0.2) is 4.79 Å². The van der Waals surface area contributed by atoms with Gasteiger partial charge in [0.05, 0.1) is 11.6 Å². The van der Waals surface area contributed by atoms with Gasteiger partial charge in [0.1, 0.15) is 0 Å². The van der Waals surface area contributed by atoms with Crippen molar-refractivity contribution in [3.05, 3.63) is 58.3 Å². The normalized spacial score (nSPS) is 11.7. The SMILES string of the molecule is C[C@H](OC(=O)/C=C/c1cccs1)C(=O)Nc1cccc(C#N)c1. The van der Waals surface area contributed by atoms with Crippen molar-refractivity contribution in [1.29, 1.82) is 5.26 Å². The van der Waals surface area contributed by atoms with Crippen LogP contribution in [0.2, 0.25) is 0 Å². The predicted octanol–water partition coefficient (Wildman–Crippen LogP) is 3.20. The van der Waals surface area contributed by atoms with Crippen LogP contribution in [0.15, 0.2) is 47.9 Å². The largest absolute Gasteiger partial charge is 0.449 e. The summed E-state index contributed by atoms with van der Waals surface area (Å²) >= 11 is 1.50. The highest BCUT2D eigenvalue weighted by Gasteiger charge is 2.16. The molecule has 1 aromatic carbocycles. The fraction of sp³-hybridized carbons (Fsp3) is 0.118. The minimum Gasteiger partial charge on any atom is -0.449 e. The smallest absolute Gasteiger partial charge is 0.331 e. The van der Waals surface area contributed by atoms with Crippen molar-refractivity contribution in [3.8, 4) is 6.07 Å². The summed E-state index contributed by atoms with van der Waals surface area (Å²) < 4.78 is 5.04. The summed E-state index contributed by atoms with van der Waals surface area (Å²) in [6.07, 6.45) is 1.97. The molecule has 0 bridgehead atoms. The lowest BCUT2D eigenvalue weighted by Crippen LogP contribution is -2.29. The molecule has 0 radical (unpaired) electrons. The minimum absolute atomic E-state index is 0.436. The number of nitriles is 1. The Kier molecular flexibility index (Phi) is 5.67. The molecule has 23 heavy (non-hydrogen) atoms. The summed E-state index contributed by atoms with van der Waals surface area (Å²) in [6, 6.07) is 12.2. The molecule has 0 aliphatic carbocycles. The molecule has 0 fully saturated rings. The Hall–Kier alpha value is -2.91. The molecular weight excluding hydrogens is 312 g/mol. The first-order valence-corrected chi connectivity index (χ1v) is 7.69. The van der Waals surface area contributed by atoms with Gasteiger partial charge in [-0.1, -0.05) is 12.1 Å². The third-order valence-corrected chi connectivity index (χ3v) is 3.69. The molecular formula is C17H14N2O3S. The van der Waals surface area contributed by atoms with Crippen molar-refractivity contribution in [2.45, 2.75) is 13.0 Å². The van der Waals surface area contributed by atoms with Crippen molar-refractivity contribution in [3.63, 3.8) is 0 Å². The van der Waals surface area contributed by atoms with E-state index in [1.54, 1.807) is 30.3 Å². The first kappa shape index (κ1) is 16.5. The van der Waals surface area contributed by atoms with Gasteiger partial charge in [0, 0.05) is 16.6 Å². The number of hydrogen-bond donors (Lipinski definition) is 1. The van der Waals surface area contributed by atoms with E-state index >= 15 is 0 Å². The molecule has 1 amide bonds. The molecule has 1 heterocycles. The number of carbonyl (C=O) groups excluding carboxylic acids is 2. The zero-order valence-corrected chi connectivity index (χ0v) is 13.2. The maximum absolute atomic E-state index is 12.0. The Morgan fingerprint density at radius 2 is 2.17 bits per heavy atom. The van der Waals surface area contributed by atoms with E-state index in [0.717, 1.165) is 4.88 Å². The van der Waals surface area contributed by atoms with Gasteiger partial charge in [0.15, 0.2) is 6.10 Å². The molecule has 0 aliphatic heterocycles. The number of amides is 1. The molecule has 0 saturated carbocycles. The van der Waals surface area contributed by atoms with Crippen molar-refractivity contribution in [1.82, 2.24) is 0 Å². The second-order valence-electron chi connectivity index (χ2n) is 4.61. The molecule has 1 atom stereocenters. The standard InChI is InChI=1S/C17H14N2O3S/c1-12(22-16(20)8-7-15-6-3-9-23-15)17(21)19-14-5-2-4-13(10-14)11-18/h2-10,12H,1H3,(H,19,21)/b8-7+/t12-/m0/s1. The van der Waals surface area contributed by atoms with E-state index in [1.807, 2.05) is 23.6 Å². The molecule has 0 saturated heterocycles. The molecule has 0 unspecified atom stereocenters. The highest BCUT2D eigenvalue weighted by atomic mass is 32.1. The maximum atomic E-state index is 12.0. The lowest BCUT2D eigenvalue weighted by molar-refractivity contribution is -0.148. The van der Waals surface area contributed by atoms with Crippen LogP contribution in [0.3, 0.4) is 0 Å². The molecule has 0 aliphatic rings. The first-order chi connectivity index (χ1) is 11.1. The highest BCUT2D eigenvalue weighted by Crippen LogP contribution is 2.12. The second-order valence-corrected chi connectivity index (χ2v) is 5.59. The molecule has 2 aromatic rings. The molecule has 6 heteroatoms. The molecule has 5 nitrogen and oxygen atoms in total. The number of carbonyl (C=O) groups is 2. The number of rotatable bonds is 5. The van der Waals surface area contributed by atoms with E-state index < -0.39 is 18.0 Å². The number of esters is 1. The summed E-state index contributed by atoms with van der Waals surface area (Å²) in [5.74, 6) is -1.05. The van der Waals surface area contributed by atoms with Crippen LogP contribution in [0.5, 0.6) is 0 Å². The van der Waals surface area contributed by atoms with E-state index in [9.17, 15) is 9.59 Å². The van der Waals surface area contributed by atoms with Gasteiger partial charge in [-0.15, -0.1) is 11.3 Å². The lowest BCUT2D eigenvalue weighted by atomic mass is 10.2. The third-order valence-electron chi connectivity index (χ3n) is 2.85. The number of benzene rings is 1. The van der Waals surface area contributed by atoms with Crippen LogP contribution in [-0.4, -0.2) is 18.0 Å². The first-order valence-electron chi connectivity index (χ1n) is 6.81. The van der Waals surface area contributed by atoms with Gasteiger partial charge in [-0.3, -0.25) is 4.79 Å². The molecule has 2 rings (SSSR count). The fourth-order valence-electron chi connectivity index (χ4n) is 1.71. The number of nitrogens with one attached hydrogen (secondary N) is 1. The van der Waals surface area contributed by atoms with Gasteiger partial charge in [0.2, 0.25) is 0 Å². The van der Waals surface area contributed by atoms with Crippen molar-refractivity contribution in [2.75, 3.05) is 5.32 Å². The topological polar surface area (TPSA) is 79.2 Å². The van der Waals surface area contributed by atoms with Crippen LogP contribution in [0.4, 0.5) is 5.69 Å². The van der Waals surface area contributed by atoms with Crippen LogP contribution in [0.1, 0.15) is 17.4 Å². The van der Waals surface area contributed by atoms with Crippen molar-refractivity contribution >= 4 is 35.0 Å².